The third-order valence-corrected chi connectivity index (χ3v) is 2.96. The smallest absolute Gasteiger partial charge is 0.270 e. The average molecular weight is 282 g/mol. The van der Waals surface area contributed by atoms with E-state index in [0.29, 0.717) is 18.1 Å². The average Bonchev–Trinajstić information content (AvgIpc) is 2.49. The van der Waals surface area contributed by atoms with Crippen molar-refractivity contribution in [2.75, 3.05) is 11.9 Å². The molecule has 0 atom stereocenters. The molecule has 21 heavy (non-hydrogen) atoms. The molecule has 0 fully saturated rings. The first-order valence-electron chi connectivity index (χ1n) is 6.65. The Bertz CT molecular complexity index is 667. The van der Waals surface area contributed by atoms with Gasteiger partial charge in [-0.1, -0.05) is 18.2 Å². The van der Waals surface area contributed by atoms with Gasteiger partial charge in [-0.15, -0.1) is 6.58 Å². The largest absolute Gasteiger partial charge is 0.347 e. The van der Waals surface area contributed by atoms with E-state index in [1.807, 2.05) is 26.0 Å². The maximum Gasteiger partial charge on any atom is 0.270 e. The normalized spacial score (nSPS) is 10.0. The van der Waals surface area contributed by atoms with Crippen LogP contribution in [-0.4, -0.2) is 22.4 Å². The van der Waals surface area contributed by atoms with Gasteiger partial charge in [0.05, 0.1) is 0 Å². The van der Waals surface area contributed by atoms with Crippen molar-refractivity contribution < 1.29 is 4.79 Å². The van der Waals surface area contributed by atoms with E-state index in [9.17, 15) is 4.79 Å². The SMILES string of the molecule is C=CCNC(=O)c1cc(Nc2cc(C)ccc2C)ncn1. The van der Waals surface area contributed by atoms with Crippen LogP contribution in [0.1, 0.15) is 21.6 Å². The van der Waals surface area contributed by atoms with Crippen molar-refractivity contribution in [2.45, 2.75) is 13.8 Å². The van der Waals surface area contributed by atoms with Crippen LogP contribution in [0.5, 0.6) is 0 Å². The van der Waals surface area contributed by atoms with E-state index in [1.54, 1.807) is 12.1 Å². The summed E-state index contributed by atoms with van der Waals surface area (Å²) in [6, 6.07) is 7.75. The lowest BCUT2D eigenvalue weighted by Gasteiger charge is -2.10. The monoisotopic (exact) mass is 282 g/mol. The van der Waals surface area contributed by atoms with Gasteiger partial charge in [-0.05, 0) is 31.0 Å². The number of benzene rings is 1. The van der Waals surface area contributed by atoms with Crippen molar-refractivity contribution in [1.82, 2.24) is 15.3 Å². The van der Waals surface area contributed by atoms with Gasteiger partial charge in [0, 0.05) is 18.3 Å². The topological polar surface area (TPSA) is 66.9 Å². The van der Waals surface area contributed by atoms with Gasteiger partial charge in [0.25, 0.3) is 5.91 Å². The van der Waals surface area contributed by atoms with Crippen molar-refractivity contribution in [2.24, 2.45) is 0 Å². The second-order valence-electron chi connectivity index (χ2n) is 4.73. The van der Waals surface area contributed by atoms with E-state index in [0.717, 1.165) is 16.8 Å². The number of aryl methyl sites for hydroxylation is 2. The minimum absolute atomic E-state index is 0.249. The molecule has 0 aliphatic rings. The fourth-order valence-corrected chi connectivity index (χ4v) is 1.81. The van der Waals surface area contributed by atoms with Gasteiger partial charge in [0.15, 0.2) is 0 Å². The van der Waals surface area contributed by atoms with E-state index in [1.165, 1.54) is 6.33 Å². The molecular formula is C16H18N4O. The summed E-state index contributed by atoms with van der Waals surface area (Å²) in [5.74, 6) is 0.337. The minimum Gasteiger partial charge on any atom is -0.347 e. The number of carbonyl (C=O) groups is 1. The Morgan fingerprint density at radius 2 is 2.10 bits per heavy atom. The molecule has 0 aliphatic heterocycles. The summed E-state index contributed by atoms with van der Waals surface area (Å²) in [6.07, 6.45) is 2.99. The zero-order valence-corrected chi connectivity index (χ0v) is 12.2. The van der Waals surface area contributed by atoms with Crippen LogP contribution in [0.25, 0.3) is 0 Å². The molecular weight excluding hydrogens is 264 g/mol. The maximum absolute atomic E-state index is 11.9. The Balaban J connectivity index is 2.19. The molecule has 2 aromatic rings. The molecule has 1 aromatic heterocycles. The molecule has 108 valence electrons. The first kappa shape index (κ1) is 14.7. The standard InChI is InChI=1S/C16H18N4O/c1-4-7-17-16(21)14-9-15(19-10-18-14)20-13-8-11(2)5-6-12(13)3/h4-6,8-10H,1,7H2,2-3H3,(H,17,21)(H,18,19,20). The van der Waals surface area contributed by atoms with Gasteiger partial charge in [-0.25, -0.2) is 9.97 Å². The quantitative estimate of drug-likeness (QED) is 0.827. The second-order valence-corrected chi connectivity index (χ2v) is 4.73. The number of aromatic nitrogens is 2. The van der Waals surface area contributed by atoms with E-state index in [2.05, 4.69) is 33.2 Å². The number of anilines is 2. The Hall–Kier alpha value is -2.69. The highest BCUT2D eigenvalue weighted by atomic mass is 16.1. The lowest BCUT2D eigenvalue weighted by Crippen LogP contribution is -2.24. The molecule has 5 heteroatoms. The summed E-state index contributed by atoms with van der Waals surface area (Å²) in [4.78, 5) is 20.0. The van der Waals surface area contributed by atoms with E-state index < -0.39 is 0 Å². The summed E-state index contributed by atoms with van der Waals surface area (Å²) < 4.78 is 0. The summed E-state index contributed by atoms with van der Waals surface area (Å²) in [5, 5.41) is 5.90. The van der Waals surface area contributed by atoms with Crippen LogP contribution in [0, 0.1) is 13.8 Å². The van der Waals surface area contributed by atoms with E-state index in [4.69, 9.17) is 0 Å². The Morgan fingerprint density at radius 3 is 2.86 bits per heavy atom. The molecule has 1 amide bonds. The minimum atomic E-state index is -0.249. The molecule has 2 N–H and O–H groups in total. The van der Waals surface area contributed by atoms with Crippen LogP contribution in [0.15, 0.2) is 43.2 Å². The second kappa shape index (κ2) is 6.65. The van der Waals surface area contributed by atoms with Crippen molar-refractivity contribution in [1.29, 1.82) is 0 Å². The first-order valence-corrected chi connectivity index (χ1v) is 6.65. The fourth-order valence-electron chi connectivity index (χ4n) is 1.81. The number of carbonyl (C=O) groups excluding carboxylic acids is 1. The number of hydrogen-bond acceptors (Lipinski definition) is 4. The summed E-state index contributed by atoms with van der Waals surface area (Å²) in [7, 11) is 0. The zero-order valence-electron chi connectivity index (χ0n) is 12.2. The molecule has 0 bridgehead atoms. The fraction of sp³-hybridized carbons (Fsp3) is 0.188. The van der Waals surface area contributed by atoms with Gasteiger partial charge in [-0.2, -0.15) is 0 Å². The van der Waals surface area contributed by atoms with Crippen LogP contribution >= 0.6 is 0 Å². The van der Waals surface area contributed by atoms with Gasteiger partial charge in [0.2, 0.25) is 0 Å². The highest BCUT2D eigenvalue weighted by molar-refractivity contribution is 5.93. The molecule has 1 heterocycles. The van der Waals surface area contributed by atoms with Gasteiger partial charge >= 0.3 is 0 Å². The number of amides is 1. The third kappa shape index (κ3) is 3.89. The van der Waals surface area contributed by atoms with Crippen LogP contribution in [-0.2, 0) is 0 Å². The molecule has 0 saturated heterocycles. The molecule has 5 nitrogen and oxygen atoms in total. The summed E-state index contributed by atoms with van der Waals surface area (Å²) >= 11 is 0. The van der Waals surface area contributed by atoms with Crippen molar-refractivity contribution in [3.05, 3.63) is 60.1 Å². The lowest BCUT2D eigenvalue weighted by atomic mass is 10.1. The Kier molecular flexibility index (Phi) is 4.66. The lowest BCUT2D eigenvalue weighted by molar-refractivity contribution is 0.0953. The maximum atomic E-state index is 11.9. The molecule has 0 spiro atoms. The van der Waals surface area contributed by atoms with Crippen LogP contribution < -0.4 is 10.6 Å². The molecule has 0 radical (unpaired) electrons. The van der Waals surface area contributed by atoms with Crippen LogP contribution in [0.3, 0.4) is 0 Å². The molecule has 0 unspecified atom stereocenters. The van der Waals surface area contributed by atoms with Crippen LogP contribution in [0.2, 0.25) is 0 Å². The molecule has 2 rings (SSSR count). The van der Waals surface area contributed by atoms with Crippen LogP contribution in [0.4, 0.5) is 11.5 Å². The summed E-state index contributed by atoms with van der Waals surface area (Å²) in [6.45, 7) is 8.00. The first-order chi connectivity index (χ1) is 10.1. The Morgan fingerprint density at radius 1 is 1.29 bits per heavy atom. The highest BCUT2D eigenvalue weighted by Crippen LogP contribution is 2.20. The summed E-state index contributed by atoms with van der Waals surface area (Å²) in [5.41, 5.74) is 3.55. The highest BCUT2D eigenvalue weighted by Gasteiger charge is 2.08. The number of rotatable bonds is 5. The van der Waals surface area contributed by atoms with Gasteiger partial charge < -0.3 is 10.6 Å². The third-order valence-electron chi connectivity index (χ3n) is 2.96. The van der Waals surface area contributed by atoms with Gasteiger partial charge in [0.1, 0.15) is 17.8 Å². The van der Waals surface area contributed by atoms with Crippen molar-refractivity contribution in [3.8, 4) is 0 Å². The van der Waals surface area contributed by atoms with E-state index in [-0.39, 0.29) is 5.91 Å². The Labute approximate surface area is 124 Å². The number of hydrogen-bond donors (Lipinski definition) is 2. The number of nitrogens with zero attached hydrogens (tertiary/aromatic N) is 2. The van der Waals surface area contributed by atoms with Crippen molar-refractivity contribution >= 4 is 17.4 Å². The molecule has 1 aromatic carbocycles. The van der Waals surface area contributed by atoms with Crippen molar-refractivity contribution in [3.63, 3.8) is 0 Å². The zero-order chi connectivity index (χ0) is 15.2. The number of nitrogens with one attached hydrogen (secondary N) is 2. The predicted octanol–water partition coefficient (Wildman–Crippen LogP) is 2.75. The molecule has 0 aliphatic carbocycles. The van der Waals surface area contributed by atoms with E-state index >= 15 is 0 Å². The molecule has 0 saturated carbocycles. The van der Waals surface area contributed by atoms with Gasteiger partial charge in [-0.3, -0.25) is 4.79 Å². The predicted molar refractivity (Wildman–Crippen MR) is 83.8 cm³/mol.